The van der Waals surface area contributed by atoms with Crippen molar-refractivity contribution in [3.63, 3.8) is 0 Å². The van der Waals surface area contributed by atoms with E-state index in [1.807, 2.05) is 0 Å². The molecule has 1 saturated carbocycles. The van der Waals surface area contributed by atoms with Crippen LogP contribution in [0.1, 0.15) is 12.8 Å². The van der Waals surface area contributed by atoms with Crippen LogP contribution in [0.3, 0.4) is 0 Å². The maximum atomic E-state index is 12.8. The molecule has 0 heterocycles. The van der Waals surface area contributed by atoms with Crippen molar-refractivity contribution >= 4 is 11.6 Å². The molecule has 1 rings (SSSR count). The lowest BCUT2D eigenvalue weighted by atomic mass is 10.4. The lowest BCUT2D eigenvalue weighted by Crippen LogP contribution is -2.25. The van der Waals surface area contributed by atoms with Gasteiger partial charge in [-0.15, -0.1) is 0 Å². The smallest absolute Gasteiger partial charge is 0.123 e. The van der Waals surface area contributed by atoms with Gasteiger partial charge in [0.25, 0.3) is 0 Å². The maximum absolute atomic E-state index is 12.8. The van der Waals surface area contributed by atoms with E-state index >= 15 is 0 Å². The summed E-state index contributed by atoms with van der Waals surface area (Å²) < 4.78 is 12.8. The molecule has 1 nitrogen and oxygen atoms in total. The highest BCUT2D eigenvalue weighted by atomic mass is 35.5. The number of nitrogens with one attached hydrogen (secondary N) is 1. The average molecular weight is 164 g/mol. The van der Waals surface area contributed by atoms with Gasteiger partial charge in [0.15, 0.2) is 0 Å². The Labute approximate surface area is 65.3 Å². The van der Waals surface area contributed by atoms with Gasteiger partial charge in [-0.2, -0.15) is 0 Å². The van der Waals surface area contributed by atoms with Crippen molar-refractivity contribution in [3.05, 3.63) is 11.6 Å². The molecule has 0 unspecified atom stereocenters. The maximum Gasteiger partial charge on any atom is 0.123 e. The first kappa shape index (κ1) is 8.02. The Morgan fingerprint density at radius 2 is 2.30 bits per heavy atom. The van der Waals surface area contributed by atoms with Gasteiger partial charge in [-0.25, -0.2) is 4.39 Å². The van der Waals surface area contributed by atoms with Crippen molar-refractivity contribution in [1.82, 2.24) is 5.32 Å². The van der Waals surface area contributed by atoms with Crippen LogP contribution in [0.15, 0.2) is 11.6 Å². The Balaban J connectivity index is 2.00. The van der Waals surface area contributed by atoms with Crippen LogP contribution < -0.4 is 5.32 Å². The lowest BCUT2D eigenvalue weighted by Gasteiger charge is -2.04. The van der Waals surface area contributed by atoms with Gasteiger partial charge < -0.3 is 5.32 Å². The topological polar surface area (TPSA) is 12.0 Å². The first-order valence-electron chi connectivity index (χ1n) is 3.35. The highest BCUT2D eigenvalue weighted by Crippen LogP contribution is 2.38. The summed E-state index contributed by atoms with van der Waals surface area (Å²) >= 11 is 5.45. The fourth-order valence-corrected chi connectivity index (χ4v) is 0.829. The number of hydrogen-bond acceptors (Lipinski definition) is 1. The van der Waals surface area contributed by atoms with E-state index in [0.717, 1.165) is 0 Å². The molecule has 3 heteroatoms. The molecule has 1 fully saturated rings. The zero-order valence-electron chi connectivity index (χ0n) is 5.79. The SMILES string of the molecule is C=C(Cl)CNCC1(F)CC1. The molecule has 0 aromatic heterocycles. The zero-order chi connectivity index (χ0) is 7.61. The summed E-state index contributed by atoms with van der Waals surface area (Å²) in [7, 11) is 0. The molecule has 1 aliphatic rings. The summed E-state index contributed by atoms with van der Waals surface area (Å²) in [6.45, 7) is 4.40. The molecule has 1 aliphatic carbocycles. The monoisotopic (exact) mass is 163 g/mol. The standard InChI is InChI=1S/C7H11ClFN/c1-6(8)4-10-5-7(9)2-3-7/h10H,1-5H2. The Morgan fingerprint density at radius 1 is 1.70 bits per heavy atom. The Bertz CT molecular complexity index is 143. The fourth-order valence-electron chi connectivity index (χ4n) is 0.735. The molecule has 58 valence electrons. The molecule has 0 amide bonds. The minimum atomic E-state index is -0.924. The molecular formula is C7H11ClFN. The van der Waals surface area contributed by atoms with Gasteiger partial charge in [-0.3, -0.25) is 0 Å². The van der Waals surface area contributed by atoms with Crippen molar-refractivity contribution in [2.45, 2.75) is 18.5 Å². The summed E-state index contributed by atoms with van der Waals surface area (Å²) in [5.41, 5.74) is -0.924. The van der Waals surface area contributed by atoms with Gasteiger partial charge in [-0.1, -0.05) is 18.2 Å². The van der Waals surface area contributed by atoms with Crippen LogP contribution in [0.25, 0.3) is 0 Å². The van der Waals surface area contributed by atoms with E-state index in [4.69, 9.17) is 11.6 Å². The van der Waals surface area contributed by atoms with Crippen molar-refractivity contribution in [2.75, 3.05) is 13.1 Å². The third-order valence-electron chi connectivity index (χ3n) is 1.55. The second kappa shape index (κ2) is 2.89. The molecule has 0 aromatic rings. The number of hydrogen-bond donors (Lipinski definition) is 1. The minimum Gasteiger partial charge on any atom is -0.309 e. The van der Waals surface area contributed by atoms with Crippen molar-refractivity contribution in [3.8, 4) is 0 Å². The van der Waals surface area contributed by atoms with Gasteiger partial charge in [-0.05, 0) is 12.8 Å². The minimum absolute atomic E-state index is 0.415. The molecule has 10 heavy (non-hydrogen) atoms. The fraction of sp³-hybridized carbons (Fsp3) is 0.714. The van der Waals surface area contributed by atoms with Crippen LogP contribution >= 0.6 is 11.6 Å². The van der Waals surface area contributed by atoms with Crippen LogP contribution in [0, 0.1) is 0 Å². The van der Waals surface area contributed by atoms with Crippen LogP contribution in [-0.4, -0.2) is 18.8 Å². The lowest BCUT2D eigenvalue weighted by molar-refractivity contribution is 0.299. The van der Waals surface area contributed by atoms with E-state index in [-0.39, 0.29) is 0 Å². The molecule has 0 spiro atoms. The first-order valence-corrected chi connectivity index (χ1v) is 3.73. The van der Waals surface area contributed by atoms with E-state index in [0.29, 0.717) is 31.0 Å². The highest BCUT2D eigenvalue weighted by Gasteiger charge is 2.42. The second-order valence-electron chi connectivity index (χ2n) is 2.77. The van der Waals surface area contributed by atoms with Gasteiger partial charge in [0, 0.05) is 18.1 Å². The van der Waals surface area contributed by atoms with Gasteiger partial charge in [0.2, 0.25) is 0 Å². The molecule has 0 radical (unpaired) electrons. The molecule has 0 aliphatic heterocycles. The van der Waals surface area contributed by atoms with Crippen LogP contribution in [-0.2, 0) is 0 Å². The number of rotatable bonds is 4. The third-order valence-corrected chi connectivity index (χ3v) is 1.68. The Hall–Kier alpha value is -0.0800. The van der Waals surface area contributed by atoms with Crippen LogP contribution in [0.2, 0.25) is 0 Å². The van der Waals surface area contributed by atoms with Crippen molar-refractivity contribution in [1.29, 1.82) is 0 Å². The largest absolute Gasteiger partial charge is 0.309 e. The molecule has 1 N–H and O–H groups in total. The Kier molecular flexibility index (Phi) is 2.32. The predicted octanol–water partition coefficient (Wildman–Crippen LogP) is 1.83. The highest BCUT2D eigenvalue weighted by molar-refractivity contribution is 6.29. The van der Waals surface area contributed by atoms with Gasteiger partial charge >= 0.3 is 0 Å². The van der Waals surface area contributed by atoms with E-state index in [1.54, 1.807) is 0 Å². The van der Waals surface area contributed by atoms with E-state index in [2.05, 4.69) is 11.9 Å². The van der Waals surface area contributed by atoms with Crippen LogP contribution in [0.4, 0.5) is 4.39 Å². The summed E-state index contributed by atoms with van der Waals surface area (Å²) in [5, 5.41) is 3.41. The number of alkyl halides is 1. The van der Waals surface area contributed by atoms with Crippen LogP contribution in [0.5, 0.6) is 0 Å². The van der Waals surface area contributed by atoms with E-state index in [9.17, 15) is 4.39 Å². The van der Waals surface area contributed by atoms with Gasteiger partial charge in [0.1, 0.15) is 5.67 Å². The summed E-state index contributed by atoms with van der Waals surface area (Å²) in [6, 6.07) is 0. The normalized spacial score (nSPS) is 20.6. The quantitative estimate of drug-likeness (QED) is 0.667. The third kappa shape index (κ3) is 2.67. The van der Waals surface area contributed by atoms with E-state index < -0.39 is 5.67 Å². The average Bonchev–Trinajstić information content (AvgIpc) is 2.47. The summed E-state index contributed by atoms with van der Waals surface area (Å²) in [5.74, 6) is 0. The predicted molar refractivity (Wildman–Crippen MR) is 40.9 cm³/mol. The second-order valence-corrected chi connectivity index (χ2v) is 3.31. The molecule has 0 saturated heterocycles. The first-order chi connectivity index (χ1) is 4.62. The van der Waals surface area contributed by atoms with Crippen molar-refractivity contribution in [2.24, 2.45) is 0 Å². The van der Waals surface area contributed by atoms with Gasteiger partial charge in [0.05, 0.1) is 0 Å². The van der Waals surface area contributed by atoms with Crippen molar-refractivity contribution < 1.29 is 4.39 Å². The molecular weight excluding hydrogens is 153 g/mol. The molecule has 0 aromatic carbocycles. The summed E-state index contributed by atoms with van der Waals surface area (Å²) in [6.07, 6.45) is 1.38. The van der Waals surface area contributed by atoms with E-state index in [1.165, 1.54) is 0 Å². The molecule has 0 bridgehead atoms. The number of halogens is 2. The Morgan fingerprint density at radius 3 is 2.70 bits per heavy atom. The zero-order valence-corrected chi connectivity index (χ0v) is 6.55. The molecule has 0 atom stereocenters. The summed E-state index contributed by atoms with van der Waals surface area (Å²) in [4.78, 5) is 0.